The molecule has 3 N–H and O–H groups in total. The molecule has 3 unspecified atom stereocenters. The van der Waals surface area contributed by atoms with Gasteiger partial charge in [0, 0.05) is 16.6 Å². The van der Waals surface area contributed by atoms with Crippen LogP contribution < -0.4 is 11.1 Å². The molecule has 20 heavy (non-hydrogen) atoms. The Morgan fingerprint density at radius 1 is 1.40 bits per heavy atom. The Labute approximate surface area is 125 Å². The highest BCUT2D eigenvalue weighted by atomic mass is 32.2. The largest absolute Gasteiger partial charge is 0.399 e. The summed E-state index contributed by atoms with van der Waals surface area (Å²) >= 11 is 1.54. The number of thioether (sulfide) groups is 1. The average molecular weight is 292 g/mol. The van der Waals surface area contributed by atoms with Gasteiger partial charge in [-0.25, -0.2) is 0 Å². The van der Waals surface area contributed by atoms with Crippen molar-refractivity contribution >= 4 is 23.4 Å². The molecule has 1 fully saturated rings. The Morgan fingerprint density at radius 2 is 2.20 bits per heavy atom. The standard InChI is InChI=1S/C16H24N2OS/c1-11-5-3-8-15(12(11)2)18-16(19)10-20-14-7-4-6-13(17)9-14/h4,6-7,9,11-12,15H,3,5,8,10,17H2,1-2H3,(H,18,19). The van der Waals surface area contributed by atoms with E-state index in [1.807, 2.05) is 24.3 Å². The molecule has 0 saturated heterocycles. The summed E-state index contributed by atoms with van der Waals surface area (Å²) in [5.74, 6) is 1.87. The number of hydrogen-bond acceptors (Lipinski definition) is 3. The second-order valence-electron chi connectivity index (χ2n) is 5.80. The third kappa shape index (κ3) is 4.17. The van der Waals surface area contributed by atoms with Crippen molar-refractivity contribution < 1.29 is 4.79 Å². The summed E-state index contributed by atoms with van der Waals surface area (Å²) in [7, 11) is 0. The number of nitrogen functional groups attached to an aromatic ring is 1. The molecule has 1 aromatic carbocycles. The van der Waals surface area contributed by atoms with Crippen molar-refractivity contribution in [2.75, 3.05) is 11.5 Å². The van der Waals surface area contributed by atoms with Crippen LogP contribution in [0.25, 0.3) is 0 Å². The number of nitrogens with two attached hydrogens (primary N) is 1. The molecule has 1 aliphatic carbocycles. The van der Waals surface area contributed by atoms with E-state index >= 15 is 0 Å². The van der Waals surface area contributed by atoms with Crippen molar-refractivity contribution in [2.45, 2.75) is 44.0 Å². The maximum Gasteiger partial charge on any atom is 0.230 e. The van der Waals surface area contributed by atoms with E-state index < -0.39 is 0 Å². The Morgan fingerprint density at radius 3 is 2.95 bits per heavy atom. The zero-order valence-corrected chi connectivity index (χ0v) is 13.1. The van der Waals surface area contributed by atoms with Gasteiger partial charge >= 0.3 is 0 Å². The van der Waals surface area contributed by atoms with Gasteiger partial charge < -0.3 is 11.1 Å². The van der Waals surface area contributed by atoms with Crippen molar-refractivity contribution in [1.29, 1.82) is 0 Å². The van der Waals surface area contributed by atoms with E-state index in [2.05, 4.69) is 19.2 Å². The molecular formula is C16H24N2OS. The fourth-order valence-corrected chi connectivity index (χ4v) is 3.56. The molecular weight excluding hydrogens is 268 g/mol. The summed E-state index contributed by atoms with van der Waals surface area (Å²) in [4.78, 5) is 13.1. The van der Waals surface area contributed by atoms with Gasteiger partial charge in [-0.15, -0.1) is 11.8 Å². The van der Waals surface area contributed by atoms with Crippen LogP contribution in [0, 0.1) is 11.8 Å². The van der Waals surface area contributed by atoms with E-state index in [1.54, 1.807) is 11.8 Å². The minimum atomic E-state index is 0.128. The van der Waals surface area contributed by atoms with Crippen molar-refractivity contribution in [2.24, 2.45) is 11.8 Å². The lowest BCUT2D eigenvalue weighted by Gasteiger charge is -2.34. The smallest absolute Gasteiger partial charge is 0.230 e. The van der Waals surface area contributed by atoms with Crippen LogP contribution in [0.1, 0.15) is 33.1 Å². The summed E-state index contributed by atoms with van der Waals surface area (Å²) in [5.41, 5.74) is 6.47. The number of amides is 1. The normalized spacial score (nSPS) is 26.2. The molecule has 1 amide bonds. The van der Waals surface area contributed by atoms with Crippen LogP contribution in [0.15, 0.2) is 29.2 Å². The van der Waals surface area contributed by atoms with Gasteiger partial charge in [0.15, 0.2) is 0 Å². The molecule has 4 heteroatoms. The first-order valence-electron chi connectivity index (χ1n) is 7.34. The van der Waals surface area contributed by atoms with Gasteiger partial charge in [-0.2, -0.15) is 0 Å². The summed E-state index contributed by atoms with van der Waals surface area (Å²) in [6.07, 6.45) is 3.62. The Kier molecular flexibility index (Phi) is 5.35. The molecule has 3 nitrogen and oxygen atoms in total. The number of anilines is 1. The van der Waals surface area contributed by atoms with Crippen molar-refractivity contribution in [1.82, 2.24) is 5.32 Å². The lowest BCUT2D eigenvalue weighted by Crippen LogP contribution is -2.44. The van der Waals surface area contributed by atoms with Crippen LogP contribution in [0.5, 0.6) is 0 Å². The summed E-state index contributed by atoms with van der Waals surface area (Å²) < 4.78 is 0. The highest BCUT2D eigenvalue weighted by Gasteiger charge is 2.27. The summed E-state index contributed by atoms with van der Waals surface area (Å²) in [6, 6.07) is 8.01. The lowest BCUT2D eigenvalue weighted by molar-refractivity contribution is -0.119. The van der Waals surface area contributed by atoms with Crippen LogP contribution >= 0.6 is 11.8 Å². The lowest BCUT2D eigenvalue weighted by atomic mass is 9.78. The van der Waals surface area contributed by atoms with E-state index in [0.717, 1.165) is 17.0 Å². The van der Waals surface area contributed by atoms with Gasteiger partial charge in [-0.05, 0) is 36.5 Å². The van der Waals surface area contributed by atoms with E-state index in [-0.39, 0.29) is 5.91 Å². The predicted octanol–water partition coefficient (Wildman–Crippen LogP) is 3.30. The molecule has 0 spiro atoms. The second kappa shape index (κ2) is 7.02. The molecule has 110 valence electrons. The third-order valence-electron chi connectivity index (χ3n) is 4.28. The number of carbonyl (C=O) groups excluding carboxylic acids is 1. The van der Waals surface area contributed by atoms with Crippen LogP contribution in [0.3, 0.4) is 0 Å². The topological polar surface area (TPSA) is 55.1 Å². The molecule has 0 radical (unpaired) electrons. The number of rotatable bonds is 4. The highest BCUT2D eigenvalue weighted by molar-refractivity contribution is 8.00. The van der Waals surface area contributed by atoms with E-state index in [9.17, 15) is 4.79 Å². The molecule has 0 aromatic heterocycles. The molecule has 1 saturated carbocycles. The number of nitrogens with one attached hydrogen (secondary N) is 1. The van der Waals surface area contributed by atoms with Gasteiger partial charge in [0.05, 0.1) is 5.75 Å². The minimum Gasteiger partial charge on any atom is -0.399 e. The van der Waals surface area contributed by atoms with Gasteiger partial charge in [0.1, 0.15) is 0 Å². The van der Waals surface area contributed by atoms with Gasteiger partial charge in [-0.1, -0.05) is 32.8 Å². The van der Waals surface area contributed by atoms with Gasteiger partial charge in [-0.3, -0.25) is 4.79 Å². The Bertz CT molecular complexity index is 464. The van der Waals surface area contributed by atoms with Crippen molar-refractivity contribution in [3.05, 3.63) is 24.3 Å². The fourth-order valence-electron chi connectivity index (χ4n) is 2.79. The van der Waals surface area contributed by atoms with Crippen LogP contribution in [0.2, 0.25) is 0 Å². The van der Waals surface area contributed by atoms with Crippen LogP contribution in [0.4, 0.5) is 5.69 Å². The van der Waals surface area contributed by atoms with E-state index in [0.29, 0.717) is 23.6 Å². The Hall–Kier alpha value is -1.16. The minimum absolute atomic E-state index is 0.128. The van der Waals surface area contributed by atoms with Crippen LogP contribution in [-0.2, 0) is 4.79 Å². The number of hydrogen-bond donors (Lipinski definition) is 2. The SMILES string of the molecule is CC1CCCC(NC(=O)CSc2cccc(N)c2)C1C. The van der Waals surface area contributed by atoms with Gasteiger partial charge in [0.25, 0.3) is 0 Å². The van der Waals surface area contributed by atoms with Crippen molar-refractivity contribution in [3.8, 4) is 0 Å². The quantitative estimate of drug-likeness (QED) is 0.661. The molecule has 2 rings (SSSR count). The number of carbonyl (C=O) groups is 1. The molecule has 0 heterocycles. The van der Waals surface area contributed by atoms with E-state index in [4.69, 9.17) is 5.73 Å². The Balaban J connectivity index is 1.80. The first kappa shape index (κ1) is 15.2. The zero-order chi connectivity index (χ0) is 14.5. The maximum absolute atomic E-state index is 12.1. The van der Waals surface area contributed by atoms with Crippen LogP contribution in [-0.4, -0.2) is 17.7 Å². The molecule has 1 aromatic rings. The van der Waals surface area contributed by atoms with Gasteiger partial charge in [0.2, 0.25) is 5.91 Å². The summed E-state index contributed by atoms with van der Waals surface area (Å²) in [6.45, 7) is 4.53. The zero-order valence-electron chi connectivity index (χ0n) is 12.3. The predicted molar refractivity (Wildman–Crippen MR) is 85.7 cm³/mol. The maximum atomic E-state index is 12.1. The van der Waals surface area contributed by atoms with Crippen molar-refractivity contribution in [3.63, 3.8) is 0 Å². The number of benzene rings is 1. The first-order chi connectivity index (χ1) is 9.56. The molecule has 0 aliphatic heterocycles. The highest BCUT2D eigenvalue weighted by Crippen LogP contribution is 2.29. The summed E-state index contributed by atoms with van der Waals surface area (Å²) in [5, 5.41) is 3.19. The monoisotopic (exact) mass is 292 g/mol. The van der Waals surface area contributed by atoms with E-state index in [1.165, 1.54) is 12.8 Å². The second-order valence-corrected chi connectivity index (χ2v) is 6.85. The average Bonchev–Trinajstić information content (AvgIpc) is 2.42. The fraction of sp³-hybridized carbons (Fsp3) is 0.562. The molecule has 3 atom stereocenters. The molecule has 1 aliphatic rings. The first-order valence-corrected chi connectivity index (χ1v) is 8.32. The molecule has 0 bridgehead atoms. The third-order valence-corrected chi connectivity index (χ3v) is 5.28.